The molecule has 2 amide bonds. The highest BCUT2D eigenvalue weighted by Crippen LogP contribution is 2.26. The summed E-state index contributed by atoms with van der Waals surface area (Å²) in [5, 5.41) is 3.84. The van der Waals surface area contributed by atoms with E-state index in [1.807, 2.05) is 54.6 Å². The molecule has 0 radical (unpaired) electrons. The van der Waals surface area contributed by atoms with Gasteiger partial charge in [-0.05, 0) is 48.2 Å². The predicted octanol–water partition coefficient (Wildman–Crippen LogP) is 4.69. The average molecular weight is 423 g/mol. The van der Waals surface area contributed by atoms with Crippen LogP contribution in [0.3, 0.4) is 0 Å². The smallest absolute Gasteiger partial charge is 0.289 e. The molecule has 0 aliphatic carbocycles. The van der Waals surface area contributed by atoms with E-state index in [0.29, 0.717) is 23.9 Å². The van der Waals surface area contributed by atoms with E-state index in [-0.39, 0.29) is 23.8 Å². The molecule has 2 atom stereocenters. The molecule has 0 unspecified atom stereocenters. The van der Waals surface area contributed by atoms with Crippen molar-refractivity contribution in [1.82, 2.24) is 10.2 Å². The number of halogens is 1. The molecular weight excluding hydrogens is 400 g/mol. The van der Waals surface area contributed by atoms with Gasteiger partial charge in [-0.3, -0.25) is 9.59 Å². The Labute approximate surface area is 180 Å². The van der Waals surface area contributed by atoms with Gasteiger partial charge in [0.15, 0.2) is 5.76 Å². The highest BCUT2D eigenvalue weighted by atomic mass is 35.5. The molecule has 0 spiro atoms. The molecule has 3 aromatic rings. The molecule has 1 aromatic heterocycles. The van der Waals surface area contributed by atoms with Crippen molar-refractivity contribution < 1.29 is 14.0 Å². The summed E-state index contributed by atoms with van der Waals surface area (Å²) in [6.45, 7) is 1.01. The fourth-order valence-corrected chi connectivity index (χ4v) is 3.98. The number of rotatable bonds is 5. The Hall–Kier alpha value is -3.05. The van der Waals surface area contributed by atoms with Crippen LogP contribution in [0, 0.1) is 5.92 Å². The molecule has 1 aliphatic rings. The molecule has 1 fully saturated rings. The maximum Gasteiger partial charge on any atom is 0.289 e. The Morgan fingerprint density at radius 1 is 1.00 bits per heavy atom. The first-order chi connectivity index (χ1) is 14.6. The lowest BCUT2D eigenvalue weighted by molar-refractivity contribution is -0.126. The zero-order chi connectivity index (χ0) is 20.9. The minimum Gasteiger partial charge on any atom is -0.459 e. The summed E-state index contributed by atoms with van der Waals surface area (Å²) in [5.41, 5.74) is 1.95. The third-order valence-electron chi connectivity index (χ3n) is 5.43. The first-order valence-corrected chi connectivity index (χ1v) is 10.4. The monoisotopic (exact) mass is 422 g/mol. The molecule has 1 N–H and O–H groups in total. The minimum absolute atomic E-state index is 0.0595. The number of hydrogen-bond acceptors (Lipinski definition) is 3. The van der Waals surface area contributed by atoms with Gasteiger partial charge < -0.3 is 14.6 Å². The summed E-state index contributed by atoms with van der Waals surface area (Å²) in [6.07, 6.45) is 3.01. The molecule has 1 saturated heterocycles. The number of nitrogens with zero attached hydrogens (tertiary/aromatic N) is 1. The van der Waals surface area contributed by atoms with Gasteiger partial charge in [-0.25, -0.2) is 0 Å². The number of nitrogens with one attached hydrogen (secondary N) is 1. The summed E-state index contributed by atoms with van der Waals surface area (Å²) in [5.74, 6) is -0.193. The summed E-state index contributed by atoms with van der Waals surface area (Å²) in [4.78, 5) is 27.5. The molecule has 0 saturated carbocycles. The fraction of sp³-hybridized carbons (Fsp3) is 0.250. The van der Waals surface area contributed by atoms with E-state index in [2.05, 4.69) is 5.32 Å². The second-order valence-electron chi connectivity index (χ2n) is 7.47. The topological polar surface area (TPSA) is 62.6 Å². The molecule has 2 heterocycles. The van der Waals surface area contributed by atoms with Gasteiger partial charge in [0.2, 0.25) is 5.91 Å². The lowest BCUT2D eigenvalue weighted by Crippen LogP contribution is -2.46. The Morgan fingerprint density at radius 3 is 2.43 bits per heavy atom. The van der Waals surface area contributed by atoms with Gasteiger partial charge in [-0.15, -0.1) is 0 Å². The van der Waals surface area contributed by atoms with E-state index in [1.54, 1.807) is 17.0 Å². The van der Waals surface area contributed by atoms with E-state index in [1.165, 1.54) is 6.26 Å². The van der Waals surface area contributed by atoms with Gasteiger partial charge in [0, 0.05) is 18.1 Å². The predicted molar refractivity (Wildman–Crippen MR) is 115 cm³/mol. The van der Waals surface area contributed by atoms with Gasteiger partial charge in [0.25, 0.3) is 5.91 Å². The number of amides is 2. The van der Waals surface area contributed by atoms with Crippen molar-refractivity contribution in [3.05, 3.63) is 94.9 Å². The standard InChI is InChI=1S/C24H23ClN2O3/c25-20-12-10-18(11-13-20)22(17-6-2-1-3-7-17)26-23(28)19-8-4-14-27(16-19)24(29)21-9-5-15-30-21/h1-3,5-7,9-13,15,19,22H,4,8,14,16H2,(H,26,28)/t19-,22+/m1/s1. The van der Waals surface area contributed by atoms with Gasteiger partial charge in [0.05, 0.1) is 18.2 Å². The van der Waals surface area contributed by atoms with Crippen molar-refractivity contribution >= 4 is 23.4 Å². The number of carbonyl (C=O) groups excluding carboxylic acids is 2. The van der Waals surface area contributed by atoms with E-state index in [0.717, 1.165) is 24.0 Å². The van der Waals surface area contributed by atoms with Crippen LogP contribution in [0.4, 0.5) is 0 Å². The second-order valence-corrected chi connectivity index (χ2v) is 7.91. The molecule has 0 bridgehead atoms. The minimum atomic E-state index is -0.285. The number of likely N-dealkylation sites (tertiary alicyclic amines) is 1. The van der Waals surface area contributed by atoms with Crippen LogP contribution >= 0.6 is 11.6 Å². The quantitative estimate of drug-likeness (QED) is 0.648. The van der Waals surface area contributed by atoms with Crippen molar-refractivity contribution in [2.75, 3.05) is 13.1 Å². The van der Waals surface area contributed by atoms with Crippen LogP contribution in [0.2, 0.25) is 5.02 Å². The van der Waals surface area contributed by atoms with Crippen LogP contribution in [0.1, 0.15) is 40.6 Å². The summed E-state index contributed by atoms with van der Waals surface area (Å²) < 4.78 is 5.23. The van der Waals surface area contributed by atoms with Gasteiger partial charge in [-0.2, -0.15) is 0 Å². The van der Waals surface area contributed by atoms with Crippen molar-refractivity contribution in [3.8, 4) is 0 Å². The largest absolute Gasteiger partial charge is 0.459 e. The zero-order valence-corrected chi connectivity index (χ0v) is 17.2. The Bertz CT molecular complexity index is 987. The van der Waals surface area contributed by atoms with Crippen LogP contribution in [-0.4, -0.2) is 29.8 Å². The molecule has 6 heteroatoms. The highest BCUT2D eigenvalue weighted by molar-refractivity contribution is 6.30. The normalized spacial score (nSPS) is 17.4. The molecule has 30 heavy (non-hydrogen) atoms. The Kier molecular flexibility index (Phi) is 6.19. The van der Waals surface area contributed by atoms with Gasteiger partial charge in [0.1, 0.15) is 0 Å². The molecule has 154 valence electrons. The summed E-state index contributed by atoms with van der Waals surface area (Å²) in [6, 6.07) is 20.4. The van der Waals surface area contributed by atoms with Crippen LogP contribution in [0.25, 0.3) is 0 Å². The number of benzene rings is 2. The Morgan fingerprint density at radius 2 is 1.73 bits per heavy atom. The van der Waals surface area contributed by atoms with Gasteiger partial charge in [-0.1, -0.05) is 54.1 Å². The van der Waals surface area contributed by atoms with Crippen molar-refractivity contribution in [1.29, 1.82) is 0 Å². The van der Waals surface area contributed by atoms with E-state index < -0.39 is 0 Å². The summed E-state index contributed by atoms with van der Waals surface area (Å²) in [7, 11) is 0. The molecule has 5 nitrogen and oxygen atoms in total. The SMILES string of the molecule is O=C(N[C@@H](c1ccccc1)c1ccc(Cl)cc1)[C@@H]1CCCN(C(=O)c2ccco2)C1. The maximum absolute atomic E-state index is 13.2. The number of furan rings is 1. The van der Waals surface area contributed by atoms with E-state index in [9.17, 15) is 9.59 Å². The number of carbonyl (C=O) groups is 2. The Balaban J connectivity index is 1.50. The van der Waals surface area contributed by atoms with Gasteiger partial charge >= 0.3 is 0 Å². The molecule has 1 aliphatic heterocycles. The fourth-order valence-electron chi connectivity index (χ4n) is 3.85. The number of piperidine rings is 1. The second kappa shape index (κ2) is 9.18. The third-order valence-corrected chi connectivity index (χ3v) is 5.69. The van der Waals surface area contributed by atoms with E-state index >= 15 is 0 Å². The highest BCUT2D eigenvalue weighted by Gasteiger charge is 2.31. The van der Waals surface area contributed by atoms with Crippen LogP contribution in [-0.2, 0) is 4.79 Å². The molecule has 2 aromatic carbocycles. The molecule has 4 rings (SSSR count). The lowest BCUT2D eigenvalue weighted by Gasteiger charge is -2.32. The first kappa shape index (κ1) is 20.2. The van der Waals surface area contributed by atoms with Crippen molar-refractivity contribution in [2.24, 2.45) is 5.92 Å². The van der Waals surface area contributed by atoms with Crippen molar-refractivity contribution in [3.63, 3.8) is 0 Å². The number of hydrogen-bond donors (Lipinski definition) is 1. The van der Waals surface area contributed by atoms with Crippen LogP contribution in [0.15, 0.2) is 77.4 Å². The lowest BCUT2D eigenvalue weighted by atomic mass is 9.94. The van der Waals surface area contributed by atoms with Crippen LogP contribution in [0.5, 0.6) is 0 Å². The third kappa shape index (κ3) is 4.57. The average Bonchev–Trinajstić information content (AvgIpc) is 3.33. The maximum atomic E-state index is 13.2. The summed E-state index contributed by atoms with van der Waals surface area (Å²) >= 11 is 6.05. The zero-order valence-electron chi connectivity index (χ0n) is 16.5. The van der Waals surface area contributed by atoms with E-state index in [4.69, 9.17) is 16.0 Å². The molecular formula is C24H23ClN2O3. The first-order valence-electron chi connectivity index (χ1n) is 10.1. The van der Waals surface area contributed by atoms with Crippen LogP contribution < -0.4 is 5.32 Å². The van der Waals surface area contributed by atoms with Crippen molar-refractivity contribution in [2.45, 2.75) is 18.9 Å².